The lowest BCUT2D eigenvalue weighted by Gasteiger charge is -2.33. The maximum Gasteiger partial charge on any atom is 0.404 e. The van der Waals surface area contributed by atoms with E-state index in [2.05, 4.69) is 10.2 Å². The largest absolute Gasteiger partial charge is 0.490 e. The Morgan fingerprint density at radius 2 is 2.14 bits per heavy atom. The van der Waals surface area contributed by atoms with Crippen LogP contribution in [0.5, 0.6) is 5.75 Å². The fourth-order valence-corrected chi connectivity index (χ4v) is 2.47. The van der Waals surface area contributed by atoms with Gasteiger partial charge >= 0.3 is 11.8 Å². The molecule has 0 bridgehead atoms. The average molecular weight is 295 g/mol. The van der Waals surface area contributed by atoms with Crippen molar-refractivity contribution in [3.05, 3.63) is 28.3 Å². The number of hydrogen-bond donors (Lipinski definition) is 2. The van der Waals surface area contributed by atoms with E-state index < -0.39 is 11.0 Å². The number of nitrogens with zero attached hydrogens (tertiary/aromatic N) is 2. The van der Waals surface area contributed by atoms with Crippen molar-refractivity contribution >= 4 is 17.5 Å². The Bertz CT molecular complexity index is 541. The summed E-state index contributed by atoms with van der Waals surface area (Å²) in [5.41, 5.74) is 0.773. The molecule has 8 heteroatoms. The van der Waals surface area contributed by atoms with Crippen molar-refractivity contribution in [2.24, 2.45) is 0 Å². The Balaban J connectivity index is 2.06. The number of nitro benzene ring substituents is 1. The van der Waals surface area contributed by atoms with E-state index in [4.69, 9.17) is 9.84 Å². The summed E-state index contributed by atoms with van der Waals surface area (Å²) in [6.07, 6.45) is 0.391. The summed E-state index contributed by atoms with van der Waals surface area (Å²) in [6, 6.07) is 4.71. The first kappa shape index (κ1) is 14.9. The molecule has 0 unspecified atom stereocenters. The van der Waals surface area contributed by atoms with Crippen molar-refractivity contribution in [2.75, 3.05) is 25.1 Å². The fraction of sp³-hybridized carbons (Fsp3) is 0.462. The number of amides is 1. The molecule has 1 fully saturated rings. The molecule has 0 saturated carbocycles. The van der Waals surface area contributed by atoms with Crippen molar-refractivity contribution in [3.63, 3.8) is 0 Å². The Morgan fingerprint density at radius 1 is 1.48 bits per heavy atom. The lowest BCUT2D eigenvalue weighted by atomic mass is 10.0. The molecule has 1 heterocycles. The molecule has 1 amide bonds. The minimum absolute atomic E-state index is 0.0429. The third kappa shape index (κ3) is 3.53. The number of carbonyl (C=O) groups is 1. The highest BCUT2D eigenvalue weighted by atomic mass is 16.6. The van der Waals surface area contributed by atoms with E-state index in [1.54, 1.807) is 12.1 Å². The van der Waals surface area contributed by atoms with Crippen molar-refractivity contribution in [2.45, 2.75) is 18.9 Å². The molecule has 0 aliphatic carbocycles. The number of nitro groups is 1. The molecular weight excluding hydrogens is 278 g/mol. The van der Waals surface area contributed by atoms with Crippen LogP contribution in [0.15, 0.2) is 18.2 Å². The molecule has 8 nitrogen and oxygen atoms in total. The number of methoxy groups -OCH3 is 1. The van der Waals surface area contributed by atoms with Crippen LogP contribution in [0.25, 0.3) is 0 Å². The summed E-state index contributed by atoms with van der Waals surface area (Å²) in [6.45, 7) is 1.37. The van der Waals surface area contributed by atoms with Gasteiger partial charge in [-0.25, -0.2) is 4.79 Å². The van der Waals surface area contributed by atoms with Gasteiger partial charge in [-0.3, -0.25) is 10.1 Å². The summed E-state index contributed by atoms with van der Waals surface area (Å²) in [5.74, 6) is 0.225. The molecule has 0 radical (unpaired) electrons. The van der Waals surface area contributed by atoms with Gasteiger partial charge in [-0.2, -0.15) is 0 Å². The summed E-state index contributed by atoms with van der Waals surface area (Å²) in [4.78, 5) is 23.0. The van der Waals surface area contributed by atoms with E-state index in [1.807, 2.05) is 0 Å². The molecule has 0 atom stereocenters. The number of anilines is 1. The number of carboxylic acid groups (broad SMARTS) is 1. The smallest absolute Gasteiger partial charge is 0.404 e. The topological polar surface area (TPSA) is 105 Å². The van der Waals surface area contributed by atoms with Gasteiger partial charge in [0.25, 0.3) is 0 Å². The van der Waals surface area contributed by atoms with Crippen LogP contribution in [0, 0.1) is 10.1 Å². The van der Waals surface area contributed by atoms with Crippen molar-refractivity contribution in [1.82, 2.24) is 5.32 Å². The van der Waals surface area contributed by atoms with Crippen LogP contribution in [0.3, 0.4) is 0 Å². The van der Waals surface area contributed by atoms with Crippen molar-refractivity contribution in [1.29, 1.82) is 0 Å². The van der Waals surface area contributed by atoms with E-state index in [9.17, 15) is 14.9 Å². The van der Waals surface area contributed by atoms with Gasteiger partial charge in [-0.15, -0.1) is 0 Å². The molecule has 2 rings (SSSR count). The Labute approximate surface area is 121 Å². The second kappa shape index (κ2) is 6.29. The van der Waals surface area contributed by atoms with E-state index in [0.717, 1.165) is 5.69 Å². The molecule has 0 spiro atoms. The molecule has 1 saturated heterocycles. The third-order valence-corrected chi connectivity index (χ3v) is 3.55. The normalized spacial score (nSPS) is 15.6. The monoisotopic (exact) mass is 295 g/mol. The van der Waals surface area contributed by atoms with Crippen LogP contribution < -0.4 is 15.0 Å². The van der Waals surface area contributed by atoms with Crippen molar-refractivity contribution < 1.29 is 19.6 Å². The van der Waals surface area contributed by atoms with Crippen LogP contribution >= 0.6 is 0 Å². The average Bonchev–Trinajstić information content (AvgIpc) is 2.46. The molecule has 2 N–H and O–H groups in total. The zero-order valence-corrected chi connectivity index (χ0v) is 11.6. The molecule has 1 aliphatic heterocycles. The molecule has 1 aromatic carbocycles. The Hall–Kier alpha value is -2.51. The van der Waals surface area contributed by atoms with Crippen LogP contribution in [-0.4, -0.2) is 42.4 Å². The van der Waals surface area contributed by atoms with E-state index >= 15 is 0 Å². The lowest BCUT2D eigenvalue weighted by molar-refractivity contribution is -0.385. The summed E-state index contributed by atoms with van der Waals surface area (Å²) in [5, 5.41) is 22.0. The zero-order valence-electron chi connectivity index (χ0n) is 11.6. The minimum Gasteiger partial charge on any atom is -0.490 e. The zero-order chi connectivity index (χ0) is 15.4. The summed E-state index contributed by atoms with van der Waals surface area (Å²) in [7, 11) is 1.40. The van der Waals surface area contributed by atoms with Crippen LogP contribution in [0.2, 0.25) is 0 Å². The van der Waals surface area contributed by atoms with Gasteiger partial charge in [0.1, 0.15) is 0 Å². The number of rotatable bonds is 4. The molecule has 114 valence electrons. The number of ether oxygens (including phenoxy) is 1. The SMILES string of the molecule is COc1cc(N2CCC(NC(=O)O)CC2)ccc1[N+](=O)[O-]. The fourth-order valence-electron chi connectivity index (χ4n) is 2.47. The first-order chi connectivity index (χ1) is 10.0. The van der Waals surface area contributed by atoms with Gasteiger partial charge in [0.05, 0.1) is 12.0 Å². The van der Waals surface area contributed by atoms with Gasteiger partial charge in [-0.1, -0.05) is 0 Å². The van der Waals surface area contributed by atoms with Gasteiger partial charge in [-0.05, 0) is 18.9 Å². The first-order valence-corrected chi connectivity index (χ1v) is 6.58. The van der Waals surface area contributed by atoms with Crippen LogP contribution in [-0.2, 0) is 0 Å². The predicted octanol–water partition coefficient (Wildman–Crippen LogP) is 1.84. The summed E-state index contributed by atoms with van der Waals surface area (Å²) >= 11 is 0. The summed E-state index contributed by atoms with van der Waals surface area (Å²) < 4.78 is 5.05. The van der Waals surface area contributed by atoms with Gasteiger partial charge in [0.15, 0.2) is 5.75 Å². The minimum atomic E-state index is -1.01. The molecule has 1 aliphatic rings. The van der Waals surface area contributed by atoms with E-state index in [0.29, 0.717) is 25.9 Å². The molecule has 21 heavy (non-hydrogen) atoms. The number of benzene rings is 1. The second-order valence-electron chi connectivity index (χ2n) is 4.82. The third-order valence-electron chi connectivity index (χ3n) is 3.55. The maximum absolute atomic E-state index is 10.9. The molecular formula is C13H17N3O5. The first-order valence-electron chi connectivity index (χ1n) is 6.58. The Kier molecular flexibility index (Phi) is 4.46. The van der Waals surface area contributed by atoms with E-state index in [-0.39, 0.29) is 17.5 Å². The van der Waals surface area contributed by atoms with Gasteiger partial charge < -0.3 is 20.1 Å². The van der Waals surface area contributed by atoms with Gasteiger partial charge in [0.2, 0.25) is 0 Å². The highest BCUT2D eigenvalue weighted by Gasteiger charge is 2.22. The lowest BCUT2D eigenvalue weighted by Crippen LogP contribution is -2.44. The highest BCUT2D eigenvalue weighted by molar-refractivity contribution is 5.65. The number of nitrogens with one attached hydrogen (secondary N) is 1. The number of hydrogen-bond acceptors (Lipinski definition) is 5. The Morgan fingerprint density at radius 3 is 2.67 bits per heavy atom. The number of piperidine rings is 1. The van der Waals surface area contributed by atoms with Gasteiger partial charge in [0, 0.05) is 37.0 Å². The van der Waals surface area contributed by atoms with Crippen LogP contribution in [0.1, 0.15) is 12.8 Å². The highest BCUT2D eigenvalue weighted by Crippen LogP contribution is 2.32. The molecule has 1 aromatic rings. The standard InChI is InChI=1S/C13H17N3O5/c1-21-12-8-10(2-3-11(12)16(19)20)15-6-4-9(5-7-15)14-13(17)18/h2-3,8-9,14H,4-7H2,1H3,(H,17,18). The van der Waals surface area contributed by atoms with E-state index in [1.165, 1.54) is 13.2 Å². The second-order valence-corrected chi connectivity index (χ2v) is 4.82. The quantitative estimate of drug-likeness (QED) is 0.648. The maximum atomic E-state index is 10.9. The predicted molar refractivity (Wildman–Crippen MR) is 76.0 cm³/mol. The molecule has 0 aromatic heterocycles. The van der Waals surface area contributed by atoms with Crippen molar-refractivity contribution in [3.8, 4) is 5.75 Å². The van der Waals surface area contributed by atoms with Crippen LogP contribution in [0.4, 0.5) is 16.2 Å².